The molecule has 2 nitrogen and oxygen atoms in total. The SMILES string of the molecule is CNCc1cccc(F)c1Sc1ccccc1OC. The van der Waals surface area contributed by atoms with E-state index in [1.165, 1.54) is 17.8 Å². The third kappa shape index (κ3) is 3.28. The summed E-state index contributed by atoms with van der Waals surface area (Å²) in [5, 5.41) is 3.05. The van der Waals surface area contributed by atoms with Gasteiger partial charge >= 0.3 is 0 Å². The number of benzene rings is 2. The van der Waals surface area contributed by atoms with E-state index in [4.69, 9.17) is 4.74 Å². The molecular weight excluding hydrogens is 261 g/mol. The van der Waals surface area contributed by atoms with E-state index in [1.807, 2.05) is 37.4 Å². The molecule has 2 rings (SSSR count). The van der Waals surface area contributed by atoms with Crippen LogP contribution in [0.2, 0.25) is 0 Å². The van der Waals surface area contributed by atoms with Crippen molar-refractivity contribution >= 4 is 11.8 Å². The van der Waals surface area contributed by atoms with Crippen LogP contribution in [0.15, 0.2) is 52.3 Å². The summed E-state index contributed by atoms with van der Waals surface area (Å²) in [4.78, 5) is 1.55. The van der Waals surface area contributed by atoms with Gasteiger partial charge in [-0.15, -0.1) is 0 Å². The van der Waals surface area contributed by atoms with E-state index >= 15 is 0 Å². The van der Waals surface area contributed by atoms with Gasteiger partial charge < -0.3 is 10.1 Å². The van der Waals surface area contributed by atoms with Crippen molar-refractivity contribution in [1.82, 2.24) is 5.32 Å². The molecule has 0 unspecified atom stereocenters. The van der Waals surface area contributed by atoms with Gasteiger partial charge in [0.25, 0.3) is 0 Å². The lowest BCUT2D eigenvalue weighted by atomic mass is 10.2. The summed E-state index contributed by atoms with van der Waals surface area (Å²) >= 11 is 1.39. The molecule has 0 aromatic heterocycles. The monoisotopic (exact) mass is 277 g/mol. The summed E-state index contributed by atoms with van der Waals surface area (Å²) in [5.41, 5.74) is 0.943. The van der Waals surface area contributed by atoms with E-state index in [0.717, 1.165) is 16.2 Å². The van der Waals surface area contributed by atoms with Crippen molar-refractivity contribution < 1.29 is 9.13 Å². The van der Waals surface area contributed by atoms with Crippen LogP contribution in [0.3, 0.4) is 0 Å². The highest BCUT2D eigenvalue weighted by molar-refractivity contribution is 7.99. The lowest BCUT2D eigenvalue weighted by Crippen LogP contribution is -2.06. The van der Waals surface area contributed by atoms with Crippen LogP contribution in [0, 0.1) is 5.82 Å². The molecule has 100 valence electrons. The van der Waals surface area contributed by atoms with E-state index in [9.17, 15) is 4.39 Å². The molecule has 0 aliphatic heterocycles. The standard InChI is InChI=1S/C15H16FNOS/c1-17-10-11-6-5-7-12(16)15(11)19-14-9-4-3-8-13(14)18-2/h3-9,17H,10H2,1-2H3. The van der Waals surface area contributed by atoms with E-state index in [1.54, 1.807) is 13.2 Å². The summed E-state index contributed by atoms with van der Waals surface area (Å²) in [5.74, 6) is 0.551. The summed E-state index contributed by atoms with van der Waals surface area (Å²) in [7, 11) is 3.47. The fourth-order valence-corrected chi connectivity index (χ4v) is 2.87. The van der Waals surface area contributed by atoms with Gasteiger partial charge in [-0.3, -0.25) is 0 Å². The minimum Gasteiger partial charge on any atom is -0.496 e. The number of hydrogen-bond donors (Lipinski definition) is 1. The Morgan fingerprint density at radius 3 is 2.68 bits per heavy atom. The maximum absolute atomic E-state index is 14.0. The average molecular weight is 277 g/mol. The van der Waals surface area contributed by atoms with Crippen LogP contribution < -0.4 is 10.1 Å². The number of rotatable bonds is 5. The molecule has 2 aromatic rings. The van der Waals surface area contributed by atoms with Gasteiger partial charge in [0.05, 0.1) is 16.9 Å². The molecule has 4 heteroatoms. The van der Waals surface area contributed by atoms with Crippen molar-refractivity contribution in [2.45, 2.75) is 16.3 Å². The second-order valence-electron chi connectivity index (χ2n) is 4.01. The predicted molar refractivity (Wildman–Crippen MR) is 76.3 cm³/mol. The Labute approximate surface area is 117 Å². The fraction of sp³-hybridized carbons (Fsp3) is 0.200. The topological polar surface area (TPSA) is 21.3 Å². The zero-order valence-electron chi connectivity index (χ0n) is 10.9. The van der Waals surface area contributed by atoms with Gasteiger partial charge in [0.2, 0.25) is 0 Å². The van der Waals surface area contributed by atoms with Crippen molar-refractivity contribution in [3.63, 3.8) is 0 Å². The van der Waals surface area contributed by atoms with Crippen LogP contribution in [0.1, 0.15) is 5.56 Å². The highest BCUT2D eigenvalue weighted by atomic mass is 32.2. The molecule has 0 fully saturated rings. The van der Waals surface area contributed by atoms with Gasteiger partial charge in [-0.25, -0.2) is 4.39 Å². The molecule has 0 saturated heterocycles. The Morgan fingerprint density at radius 1 is 1.16 bits per heavy atom. The first-order valence-corrected chi connectivity index (χ1v) is 6.80. The maximum Gasteiger partial charge on any atom is 0.137 e. The Hall–Kier alpha value is -1.52. The second kappa shape index (κ2) is 6.59. The molecule has 0 bridgehead atoms. The van der Waals surface area contributed by atoms with E-state index in [-0.39, 0.29) is 5.82 Å². The van der Waals surface area contributed by atoms with E-state index < -0.39 is 0 Å². The molecular formula is C15H16FNOS. The maximum atomic E-state index is 14.0. The number of nitrogens with one attached hydrogen (secondary N) is 1. The van der Waals surface area contributed by atoms with Crippen molar-refractivity contribution in [2.75, 3.05) is 14.2 Å². The normalized spacial score (nSPS) is 10.5. The number of halogens is 1. The van der Waals surface area contributed by atoms with Gasteiger partial charge in [-0.1, -0.05) is 36.0 Å². The summed E-state index contributed by atoms with van der Waals surface area (Å²) < 4.78 is 19.3. The summed E-state index contributed by atoms with van der Waals surface area (Å²) in [6.45, 7) is 0.634. The first-order valence-electron chi connectivity index (χ1n) is 5.99. The van der Waals surface area contributed by atoms with Crippen LogP contribution >= 0.6 is 11.8 Å². The Kier molecular flexibility index (Phi) is 4.82. The van der Waals surface area contributed by atoms with Crippen LogP contribution in [-0.4, -0.2) is 14.2 Å². The predicted octanol–water partition coefficient (Wildman–Crippen LogP) is 3.70. The van der Waals surface area contributed by atoms with Crippen molar-refractivity contribution in [2.24, 2.45) is 0 Å². The van der Waals surface area contributed by atoms with Gasteiger partial charge in [-0.2, -0.15) is 0 Å². The number of ether oxygens (including phenoxy) is 1. The van der Waals surface area contributed by atoms with Gasteiger partial charge in [0.1, 0.15) is 11.6 Å². The lowest BCUT2D eigenvalue weighted by molar-refractivity contribution is 0.405. The molecule has 0 aliphatic rings. The lowest BCUT2D eigenvalue weighted by Gasteiger charge is -2.12. The summed E-state index contributed by atoms with van der Waals surface area (Å²) in [6.07, 6.45) is 0. The molecule has 0 atom stereocenters. The van der Waals surface area contributed by atoms with Crippen molar-refractivity contribution in [3.8, 4) is 5.75 Å². The smallest absolute Gasteiger partial charge is 0.137 e. The van der Waals surface area contributed by atoms with Crippen LogP contribution in [-0.2, 0) is 6.54 Å². The second-order valence-corrected chi connectivity index (χ2v) is 5.06. The third-order valence-corrected chi connectivity index (χ3v) is 3.92. The van der Waals surface area contributed by atoms with Crippen LogP contribution in [0.25, 0.3) is 0 Å². The van der Waals surface area contributed by atoms with Crippen molar-refractivity contribution in [1.29, 1.82) is 0 Å². The third-order valence-electron chi connectivity index (χ3n) is 2.70. The highest BCUT2D eigenvalue weighted by Gasteiger charge is 2.12. The van der Waals surface area contributed by atoms with Gasteiger partial charge in [0.15, 0.2) is 0 Å². The van der Waals surface area contributed by atoms with Crippen LogP contribution in [0.4, 0.5) is 4.39 Å². The number of para-hydroxylation sites is 1. The molecule has 0 saturated carbocycles. The van der Waals surface area contributed by atoms with E-state index in [2.05, 4.69) is 5.32 Å². The molecule has 1 N–H and O–H groups in total. The quantitative estimate of drug-likeness (QED) is 0.900. The molecule has 0 radical (unpaired) electrons. The Bertz CT molecular complexity index is 560. The van der Waals surface area contributed by atoms with E-state index in [0.29, 0.717) is 11.4 Å². The first kappa shape index (κ1) is 13.9. The van der Waals surface area contributed by atoms with Crippen molar-refractivity contribution in [3.05, 3.63) is 53.8 Å². The largest absolute Gasteiger partial charge is 0.496 e. The van der Waals surface area contributed by atoms with Gasteiger partial charge in [-0.05, 0) is 30.8 Å². The molecule has 0 aliphatic carbocycles. The minimum absolute atomic E-state index is 0.205. The Balaban J connectivity index is 2.37. The molecule has 19 heavy (non-hydrogen) atoms. The Morgan fingerprint density at radius 2 is 1.95 bits per heavy atom. The molecule has 2 aromatic carbocycles. The molecule has 0 spiro atoms. The molecule has 0 heterocycles. The zero-order chi connectivity index (χ0) is 13.7. The molecule has 0 amide bonds. The van der Waals surface area contributed by atoms with Crippen LogP contribution in [0.5, 0.6) is 5.75 Å². The zero-order valence-corrected chi connectivity index (χ0v) is 11.8. The average Bonchev–Trinajstić information content (AvgIpc) is 2.43. The highest BCUT2D eigenvalue weighted by Crippen LogP contribution is 2.37. The number of methoxy groups -OCH3 is 1. The number of hydrogen-bond acceptors (Lipinski definition) is 3. The summed E-state index contributed by atoms with van der Waals surface area (Å²) in [6, 6.07) is 12.8. The first-order chi connectivity index (χ1) is 9.26. The van der Waals surface area contributed by atoms with Gasteiger partial charge in [0, 0.05) is 6.54 Å². The fourth-order valence-electron chi connectivity index (χ4n) is 1.81. The minimum atomic E-state index is -0.205.